The number of alkyl halides is 3. The quantitative estimate of drug-likeness (QED) is 0.364. The van der Waals surface area contributed by atoms with Gasteiger partial charge in [-0.1, -0.05) is 0 Å². The van der Waals surface area contributed by atoms with Gasteiger partial charge in [0.25, 0.3) is 0 Å². The Morgan fingerprint density at radius 3 is 2.62 bits per heavy atom. The fourth-order valence-electron chi connectivity index (χ4n) is 1.24. The van der Waals surface area contributed by atoms with Crippen molar-refractivity contribution < 1.29 is 18.0 Å². The number of urea groups is 1. The molecule has 0 fully saturated rings. The summed E-state index contributed by atoms with van der Waals surface area (Å²) in [7, 11) is 0. The molecule has 1 heterocycles. The van der Waals surface area contributed by atoms with E-state index in [-0.39, 0.29) is 48.5 Å². The second-order valence-electron chi connectivity index (χ2n) is 3.50. The van der Waals surface area contributed by atoms with Crippen molar-refractivity contribution in [3.8, 4) is 0 Å². The van der Waals surface area contributed by atoms with Gasteiger partial charge >= 0.3 is 12.2 Å². The first-order chi connectivity index (χ1) is 8.80. The van der Waals surface area contributed by atoms with Gasteiger partial charge in [-0.05, 0) is 0 Å². The lowest BCUT2D eigenvalue weighted by molar-refractivity contribution is -0.141. The lowest BCUT2D eigenvalue weighted by Gasteiger charge is -2.06. The maximum Gasteiger partial charge on any atom is 0.435 e. The predicted molar refractivity (Wildman–Crippen MR) is 79.3 cm³/mol. The first-order valence-corrected chi connectivity index (χ1v) is 6.27. The molecule has 0 saturated carbocycles. The zero-order valence-corrected chi connectivity index (χ0v) is 12.9. The number of amidine groups is 1. The van der Waals surface area contributed by atoms with Crippen molar-refractivity contribution >= 4 is 48.4 Å². The van der Waals surface area contributed by atoms with Gasteiger partial charge < -0.3 is 10.7 Å². The summed E-state index contributed by atoms with van der Waals surface area (Å²) in [6.45, 7) is 0. The van der Waals surface area contributed by atoms with Gasteiger partial charge in [-0.3, -0.25) is 10.7 Å². The van der Waals surface area contributed by atoms with Crippen molar-refractivity contribution in [1.29, 1.82) is 5.41 Å². The number of carbonyl (C=O) groups excluding carboxylic acids is 1. The third-order valence-corrected chi connectivity index (χ3v) is 2.99. The SMILES string of the molecule is Cl.Cl.N=C(CCSCc1[nH]cnc1C(F)(F)F)NC(N)=O. The smallest absolute Gasteiger partial charge is 0.351 e. The molecule has 1 aromatic rings. The molecule has 1 aromatic heterocycles. The number of rotatable bonds is 5. The lowest BCUT2D eigenvalue weighted by Crippen LogP contribution is -2.34. The highest BCUT2D eigenvalue weighted by Gasteiger charge is 2.35. The number of amides is 2. The molecule has 0 unspecified atom stereocenters. The zero-order chi connectivity index (χ0) is 14.5. The summed E-state index contributed by atoms with van der Waals surface area (Å²) in [5.41, 5.74) is 3.87. The highest BCUT2D eigenvalue weighted by atomic mass is 35.5. The fraction of sp³-hybridized carbons (Fsp3) is 0.444. The number of nitrogens with one attached hydrogen (secondary N) is 3. The van der Waals surface area contributed by atoms with Crippen molar-refractivity contribution in [2.75, 3.05) is 5.75 Å². The van der Waals surface area contributed by atoms with E-state index in [4.69, 9.17) is 11.1 Å². The van der Waals surface area contributed by atoms with Crippen molar-refractivity contribution in [2.45, 2.75) is 18.3 Å². The van der Waals surface area contributed by atoms with Crippen LogP contribution in [0, 0.1) is 5.41 Å². The van der Waals surface area contributed by atoms with Crippen LogP contribution in [0.1, 0.15) is 17.8 Å². The maximum absolute atomic E-state index is 12.5. The number of halogens is 5. The van der Waals surface area contributed by atoms with E-state index >= 15 is 0 Å². The predicted octanol–water partition coefficient (Wildman–Crippen LogP) is 2.54. The maximum atomic E-state index is 12.5. The van der Waals surface area contributed by atoms with Crippen LogP contribution in [0.25, 0.3) is 0 Å². The minimum Gasteiger partial charge on any atom is -0.351 e. The summed E-state index contributed by atoms with van der Waals surface area (Å²) in [5.74, 6) is 0.411. The normalized spacial score (nSPS) is 10.2. The van der Waals surface area contributed by atoms with Crippen LogP contribution < -0.4 is 11.1 Å². The molecule has 0 spiro atoms. The van der Waals surface area contributed by atoms with E-state index in [1.807, 2.05) is 0 Å². The molecule has 0 aliphatic heterocycles. The van der Waals surface area contributed by atoms with Gasteiger partial charge in [0.1, 0.15) is 5.84 Å². The van der Waals surface area contributed by atoms with E-state index in [0.29, 0.717) is 5.75 Å². The largest absolute Gasteiger partial charge is 0.435 e. The number of hydrogen-bond acceptors (Lipinski definition) is 4. The Kier molecular flexibility index (Phi) is 10.3. The molecular weight excluding hydrogens is 354 g/mol. The van der Waals surface area contributed by atoms with Gasteiger partial charge in [0.05, 0.1) is 12.0 Å². The number of nitrogens with zero attached hydrogens (tertiary/aromatic N) is 1. The second-order valence-corrected chi connectivity index (χ2v) is 4.60. The number of thioether (sulfide) groups is 1. The first kappa shape index (κ1) is 22.2. The molecule has 0 aliphatic rings. The standard InChI is InChI=1S/C9H12F3N5OS.2ClH/c10-9(11,12)7-5(15-4-16-7)3-19-2-1-6(13)17-8(14)18;;/h4H,1-3H2,(H,15,16)(H4,13,14,17,18);2*1H. The summed E-state index contributed by atoms with van der Waals surface area (Å²) in [5, 5.41) is 9.37. The molecule has 0 atom stereocenters. The van der Waals surface area contributed by atoms with Gasteiger partial charge in [0.15, 0.2) is 5.69 Å². The van der Waals surface area contributed by atoms with Gasteiger partial charge in [0, 0.05) is 17.9 Å². The third-order valence-electron chi connectivity index (χ3n) is 2.00. The second kappa shape index (κ2) is 9.74. The van der Waals surface area contributed by atoms with Crippen LogP contribution in [-0.2, 0) is 11.9 Å². The van der Waals surface area contributed by atoms with Gasteiger partial charge in [-0.15, -0.1) is 24.8 Å². The molecule has 0 aliphatic carbocycles. The highest BCUT2D eigenvalue weighted by molar-refractivity contribution is 7.98. The Morgan fingerprint density at radius 2 is 2.10 bits per heavy atom. The molecule has 21 heavy (non-hydrogen) atoms. The molecule has 12 heteroatoms. The van der Waals surface area contributed by atoms with E-state index in [0.717, 1.165) is 6.33 Å². The van der Waals surface area contributed by atoms with Crippen molar-refractivity contribution in [2.24, 2.45) is 5.73 Å². The minimum absolute atomic E-state index is 0. The van der Waals surface area contributed by atoms with Crippen LogP contribution in [0.15, 0.2) is 6.33 Å². The van der Waals surface area contributed by atoms with Gasteiger partial charge in [0.2, 0.25) is 0 Å². The Balaban J connectivity index is 0. The number of aromatic nitrogens is 2. The Labute approximate surface area is 135 Å². The molecule has 0 saturated heterocycles. The number of carbonyl (C=O) groups is 1. The van der Waals surface area contributed by atoms with Crippen molar-refractivity contribution in [3.05, 3.63) is 17.7 Å². The summed E-state index contributed by atoms with van der Waals surface area (Å²) in [6.07, 6.45) is -3.27. The molecule has 0 bridgehead atoms. The molecule has 2 amide bonds. The Bertz CT molecular complexity index is 468. The lowest BCUT2D eigenvalue weighted by atomic mass is 10.3. The van der Waals surface area contributed by atoms with Gasteiger partial charge in [-0.25, -0.2) is 9.78 Å². The van der Waals surface area contributed by atoms with E-state index < -0.39 is 17.9 Å². The first-order valence-electron chi connectivity index (χ1n) is 5.11. The van der Waals surface area contributed by atoms with Crippen LogP contribution in [0.5, 0.6) is 0 Å². The van der Waals surface area contributed by atoms with E-state index in [1.54, 1.807) is 0 Å². The number of aromatic amines is 1. The Hall–Kier alpha value is -1.13. The van der Waals surface area contributed by atoms with E-state index in [1.165, 1.54) is 11.8 Å². The summed E-state index contributed by atoms with van der Waals surface area (Å²) >= 11 is 1.19. The number of primary amides is 1. The van der Waals surface area contributed by atoms with Crippen molar-refractivity contribution in [1.82, 2.24) is 15.3 Å². The minimum atomic E-state index is -4.48. The summed E-state index contributed by atoms with van der Waals surface area (Å²) in [4.78, 5) is 16.1. The third kappa shape index (κ3) is 8.02. The fourth-order valence-corrected chi connectivity index (χ4v) is 2.15. The topological polar surface area (TPSA) is 108 Å². The zero-order valence-electron chi connectivity index (χ0n) is 10.5. The summed E-state index contributed by atoms with van der Waals surface area (Å²) in [6, 6.07) is -0.831. The number of imidazole rings is 1. The number of hydrogen-bond donors (Lipinski definition) is 4. The average molecular weight is 368 g/mol. The van der Waals surface area contributed by atoms with Crippen LogP contribution in [0.4, 0.5) is 18.0 Å². The van der Waals surface area contributed by atoms with Gasteiger partial charge in [-0.2, -0.15) is 24.9 Å². The molecular formula is C9H14Cl2F3N5OS. The molecule has 0 aromatic carbocycles. The van der Waals surface area contributed by atoms with Crippen LogP contribution >= 0.6 is 36.6 Å². The molecule has 122 valence electrons. The average Bonchev–Trinajstić information content (AvgIpc) is 2.71. The monoisotopic (exact) mass is 367 g/mol. The molecule has 1 rings (SSSR count). The van der Waals surface area contributed by atoms with Crippen molar-refractivity contribution in [3.63, 3.8) is 0 Å². The van der Waals surface area contributed by atoms with E-state index in [2.05, 4.69) is 15.3 Å². The molecule has 0 radical (unpaired) electrons. The molecule has 5 N–H and O–H groups in total. The van der Waals surface area contributed by atoms with Crippen LogP contribution in [0.3, 0.4) is 0 Å². The highest BCUT2D eigenvalue weighted by Crippen LogP contribution is 2.31. The number of nitrogens with two attached hydrogens (primary N) is 1. The van der Waals surface area contributed by atoms with Crippen LogP contribution in [-0.4, -0.2) is 27.6 Å². The Morgan fingerprint density at radius 1 is 1.48 bits per heavy atom. The summed E-state index contributed by atoms with van der Waals surface area (Å²) < 4.78 is 37.4. The van der Waals surface area contributed by atoms with E-state index in [9.17, 15) is 18.0 Å². The number of H-pyrrole nitrogens is 1. The molecule has 6 nitrogen and oxygen atoms in total. The van der Waals surface area contributed by atoms with Crippen LogP contribution in [0.2, 0.25) is 0 Å².